The lowest BCUT2D eigenvalue weighted by Gasteiger charge is -2.49. The van der Waals surface area contributed by atoms with Crippen LogP contribution in [0.2, 0.25) is 0 Å². The van der Waals surface area contributed by atoms with Gasteiger partial charge >= 0.3 is 0 Å². The maximum absolute atomic E-state index is 12.8. The molecular weight excluding hydrogens is 318 g/mol. The minimum absolute atomic E-state index is 0.0992. The molecule has 5 heteroatoms. The van der Waals surface area contributed by atoms with Crippen molar-refractivity contribution in [3.63, 3.8) is 0 Å². The Morgan fingerprint density at radius 3 is 2.84 bits per heavy atom. The van der Waals surface area contributed by atoms with Crippen molar-refractivity contribution in [1.82, 2.24) is 4.90 Å². The summed E-state index contributed by atoms with van der Waals surface area (Å²) < 4.78 is 16.6. The van der Waals surface area contributed by atoms with Crippen LogP contribution in [0.1, 0.15) is 36.5 Å². The lowest BCUT2D eigenvalue weighted by molar-refractivity contribution is -0.0956. The molecule has 2 aliphatic heterocycles. The molecule has 1 aromatic carbocycles. The van der Waals surface area contributed by atoms with E-state index in [-0.39, 0.29) is 11.3 Å². The number of amides is 1. The monoisotopic (exact) mass is 347 g/mol. The van der Waals surface area contributed by atoms with E-state index in [9.17, 15) is 4.79 Å². The van der Waals surface area contributed by atoms with Crippen LogP contribution in [0.25, 0.3) is 0 Å². The normalized spacial score (nSPS) is 22.8. The zero-order valence-corrected chi connectivity index (χ0v) is 15.3. The second-order valence-corrected chi connectivity index (χ2v) is 7.07. The van der Waals surface area contributed by atoms with Crippen LogP contribution >= 0.6 is 0 Å². The average molecular weight is 347 g/mol. The molecule has 2 heterocycles. The van der Waals surface area contributed by atoms with Gasteiger partial charge in [-0.2, -0.15) is 0 Å². The molecule has 0 aromatic heterocycles. The molecule has 2 saturated heterocycles. The van der Waals surface area contributed by atoms with E-state index in [1.807, 2.05) is 36.1 Å². The van der Waals surface area contributed by atoms with E-state index < -0.39 is 0 Å². The van der Waals surface area contributed by atoms with Crippen molar-refractivity contribution < 1.29 is 19.0 Å². The van der Waals surface area contributed by atoms with Crippen molar-refractivity contribution >= 4 is 5.91 Å². The first-order valence-electron chi connectivity index (χ1n) is 9.27. The molecule has 0 bridgehead atoms. The van der Waals surface area contributed by atoms with E-state index >= 15 is 0 Å². The highest BCUT2D eigenvalue weighted by Gasteiger charge is 2.44. The highest BCUT2D eigenvalue weighted by Crippen LogP contribution is 2.45. The summed E-state index contributed by atoms with van der Waals surface area (Å²) in [6, 6.07) is 7.41. The number of carbonyl (C=O) groups excluding carboxylic acids is 1. The number of methoxy groups -OCH3 is 1. The Morgan fingerprint density at radius 2 is 2.12 bits per heavy atom. The zero-order chi connectivity index (χ0) is 17.7. The lowest BCUT2D eigenvalue weighted by Crippen LogP contribution is -2.50. The predicted molar refractivity (Wildman–Crippen MR) is 96.0 cm³/mol. The third-order valence-corrected chi connectivity index (χ3v) is 5.82. The van der Waals surface area contributed by atoms with Gasteiger partial charge in [0, 0.05) is 37.8 Å². The van der Waals surface area contributed by atoms with Crippen molar-refractivity contribution in [2.75, 3.05) is 46.6 Å². The number of hydrogen-bond acceptors (Lipinski definition) is 4. The molecular formula is C20H29NO4. The number of ether oxygens (including phenoxy) is 3. The topological polar surface area (TPSA) is 48.0 Å². The fourth-order valence-electron chi connectivity index (χ4n) is 4.12. The van der Waals surface area contributed by atoms with Crippen LogP contribution in [-0.4, -0.2) is 57.4 Å². The molecule has 1 spiro atoms. The maximum Gasteiger partial charge on any atom is 0.253 e. The van der Waals surface area contributed by atoms with Gasteiger partial charge in [-0.15, -0.1) is 0 Å². The summed E-state index contributed by atoms with van der Waals surface area (Å²) in [6.07, 6.45) is 3.14. The summed E-state index contributed by atoms with van der Waals surface area (Å²) in [4.78, 5) is 14.8. The Balaban J connectivity index is 1.64. The number of rotatable bonds is 5. The summed E-state index contributed by atoms with van der Waals surface area (Å²) in [5.74, 6) is 1.26. The van der Waals surface area contributed by atoms with Gasteiger partial charge in [-0.25, -0.2) is 0 Å². The molecule has 2 aliphatic rings. The van der Waals surface area contributed by atoms with Crippen LogP contribution < -0.4 is 4.74 Å². The number of likely N-dealkylation sites (tertiary alicyclic amines) is 1. The van der Waals surface area contributed by atoms with E-state index in [4.69, 9.17) is 14.2 Å². The van der Waals surface area contributed by atoms with Gasteiger partial charge in [0.15, 0.2) is 0 Å². The van der Waals surface area contributed by atoms with Crippen molar-refractivity contribution in [3.8, 4) is 5.75 Å². The number of hydrogen-bond donors (Lipinski definition) is 0. The average Bonchev–Trinajstić information content (AvgIpc) is 2.67. The van der Waals surface area contributed by atoms with Crippen LogP contribution in [0.15, 0.2) is 24.3 Å². The van der Waals surface area contributed by atoms with Gasteiger partial charge in [0.2, 0.25) is 0 Å². The molecule has 0 unspecified atom stereocenters. The summed E-state index contributed by atoms with van der Waals surface area (Å²) in [5, 5.41) is 0. The van der Waals surface area contributed by atoms with Gasteiger partial charge < -0.3 is 19.1 Å². The quantitative estimate of drug-likeness (QED) is 0.822. The summed E-state index contributed by atoms with van der Waals surface area (Å²) >= 11 is 0. The van der Waals surface area contributed by atoms with E-state index in [2.05, 4.69) is 0 Å². The van der Waals surface area contributed by atoms with Gasteiger partial charge in [-0.1, -0.05) is 6.07 Å². The molecule has 5 nitrogen and oxygen atoms in total. The third kappa shape index (κ3) is 3.98. The minimum Gasteiger partial charge on any atom is -0.497 e. The molecule has 1 amide bonds. The first kappa shape index (κ1) is 18.2. The lowest BCUT2D eigenvalue weighted by atomic mass is 9.66. The fourth-order valence-corrected chi connectivity index (χ4v) is 4.12. The smallest absolute Gasteiger partial charge is 0.253 e. The highest BCUT2D eigenvalue weighted by atomic mass is 16.5. The van der Waals surface area contributed by atoms with E-state index in [1.165, 1.54) is 0 Å². The molecule has 1 aromatic rings. The molecule has 0 N–H and O–H groups in total. The number of nitrogens with zero attached hydrogens (tertiary/aromatic N) is 1. The van der Waals surface area contributed by atoms with Crippen molar-refractivity contribution in [2.24, 2.45) is 11.3 Å². The largest absolute Gasteiger partial charge is 0.497 e. The Labute approximate surface area is 150 Å². The van der Waals surface area contributed by atoms with E-state index in [1.54, 1.807) is 7.11 Å². The number of carbonyl (C=O) groups is 1. The fraction of sp³-hybridized carbons (Fsp3) is 0.650. The van der Waals surface area contributed by atoms with Crippen LogP contribution in [0.3, 0.4) is 0 Å². The van der Waals surface area contributed by atoms with Crippen molar-refractivity contribution in [3.05, 3.63) is 29.8 Å². The second kappa shape index (κ2) is 8.19. The molecule has 2 fully saturated rings. The number of piperidine rings is 1. The number of benzene rings is 1. The minimum atomic E-state index is 0.0992. The van der Waals surface area contributed by atoms with E-state index in [0.29, 0.717) is 11.5 Å². The molecule has 138 valence electrons. The molecule has 0 aliphatic carbocycles. The summed E-state index contributed by atoms with van der Waals surface area (Å²) in [6.45, 7) is 6.76. The van der Waals surface area contributed by atoms with Crippen LogP contribution in [-0.2, 0) is 9.47 Å². The first-order chi connectivity index (χ1) is 12.2. The summed E-state index contributed by atoms with van der Waals surface area (Å²) in [7, 11) is 1.62. The SMILES string of the molecule is CCOC[C@H]1COCCC12CCN(C(=O)c1cccc(OC)c1)CC2. The standard InChI is InChI=1S/C20H29NO4/c1-3-24-14-17-15-25-12-9-20(17)7-10-21(11-8-20)19(22)16-5-4-6-18(13-16)23-2/h4-6,13,17H,3,7-12,14-15H2,1-2H3/t17-/m0/s1. The maximum atomic E-state index is 12.8. The van der Waals surface area contributed by atoms with Crippen LogP contribution in [0.5, 0.6) is 5.75 Å². The Bertz CT molecular complexity index is 581. The molecule has 3 rings (SSSR count). The predicted octanol–water partition coefficient (Wildman–Crippen LogP) is 2.99. The Morgan fingerprint density at radius 1 is 1.32 bits per heavy atom. The van der Waals surface area contributed by atoms with Gasteiger partial charge in [0.1, 0.15) is 5.75 Å². The first-order valence-corrected chi connectivity index (χ1v) is 9.27. The van der Waals surface area contributed by atoms with Gasteiger partial charge in [0.05, 0.1) is 20.3 Å². The highest BCUT2D eigenvalue weighted by molar-refractivity contribution is 5.94. The van der Waals surface area contributed by atoms with Gasteiger partial charge in [-0.05, 0) is 49.8 Å². The molecule has 0 radical (unpaired) electrons. The van der Waals surface area contributed by atoms with Crippen molar-refractivity contribution in [1.29, 1.82) is 0 Å². The van der Waals surface area contributed by atoms with Crippen molar-refractivity contribution in [2.45, 2.75) is 26.2 Å². The molecule has 0 saturated carbocycles. The second-order valence-electron chi connectivity index (χ2n) is 7.07. The van der Waals surface area contributed by atoms with Crippen LogP contribution in [0, 0.1) is 11.3 Å². The Kier molecular flexibility index (Phi) is 5.97. The van der Waals surface area contributed by atoms with Gasteiger partial charge in [-0.3, -0.25) is 4.79 Å². The zero-order valence-electron chi connectivity index (χ0n) is 15.3. The third-order valence-electron chi connectivity index (χ3n) is 5.82. The molecule has 1 atom stereocenters. The Hall–Kier alpha value is -1.59. The summed E-state index contributed by atoms with van der Waals surface area (Å²) in [5.41, 5.74) is 0.964. The van der Waals surface area contributed by atoms with E-state index in [0.717, 1.165) is 64.5 Å². The molecule has 25 heavy (non-hydrogen) atoms. The van der Waals surface area contributed by atoms with Crippen LogP contribution in [0.4, 0.5) is 0 Å². The van der Waals surface area contributed by atoms with Gasteiger partial charge in [0.25, 0.3) is 5.91 Å².